The highest BCUT2D eigenvalue weighted by Crippen LogP contribution is 2.26. The third-order valence-corrected chi connectivity index (χ3v) is 5.35. The number of carbonyl (C=O) groups excluding carboxylic acids is 1. The second-order valence-corrected chi connectivity index (χ2v) is 7.31. The average Bonchev–Trinajstić information content (AvgIpc) is 2.61. The Morgan fingerprint density at radius 2 is 2.24 bits per heavy atom. The van der Waals surface area contributed by atoms with Gasteiger partial charge in [0.1, 0.15) is 5.75 Å². The Morgan fingerprint density at radius 3 is 2.96 bits per heavy atom. The number of aryl methyl sites for hydroxylation is 1. The first-order valence-electron chi connectivity index (χ1n) is 8.43. The van der Waals surface area contributed by atoms with Crippen molar-refractivity contribution >= 4 is 23.4 Å². The first-order valence-corrected chi connectivity index (χ1v) is 9.58. The third-order valence-electron chi connectivity index (χ3n) is 4.22. The number of hydrogen-bond donors (Lipinski definition) is 2. The van der Waals surface area contributed by atoms with Gasteiger partial charge in [0.15, 0.2) is 0 Å². The summed E-state index contributed by atoms with van der Waals surface area (Å²) in [5, 5.41) is 6.26. The number of rotatable bonds is 5. The fourth-order valence-electron chi connectivity index (χ4n) is 2.65. The zero-order valence-electron chi connectivity index (χ0n) is 14.5. The Bertz CT molecular complexity index is 728. The monoisotopic (exact) mass is 357 g/mol. The summed E-state index contributed by atoms with van der Waals surface area (Å²) in [6.45, 7) is 5.04. The van der Waals surface area contributed by atoms with E-state index in [-0.39, 0.29) is 11.9 Å². The van der Waals surface area contributed by atoms with Gasteiger partial charge in [-0.2, -0.15) is 11.8 Å². The van der Waals surface area contributed by atoms with Crippen molar-refractivity contribution < 1.29 is 9.53 Å². The first-order chi connectivity index (χ1) is 12.1. The van der Waals surface area contributed by atoms with Crippen LogP contribution in [0.4, 0.5) is 5.69 Å². The molecule has 0 spiro atoms. The van der Waals surface area contributed by atoms with E-state index in [1.165, 1.54) is 5.56 Å². The van der Waals surface area contributed by atoms with Gasteiger partial charge in [-0.15, -0.1) is 0 Å². The van der Waals surface area contributed by atoms with E-state index >= 15 is 0 Å². The normalized spacial score (nSPS) is 17.1. The molecule has 1 saturated heterocycles. The topological polar surface area (TPSA) is 63.2 Å². The molecular formula is C19H23N3O2S. The lowest BCUT2D eigenvalue weighted by atomic mass is 10.1. The molecule has 1 unspecified atom stereocenters. The van der Waals surface area contributed by atoms with Gasteiger partial charge in [0, 0.05) is 36.6 Å². The van der Waals surface area contributed by atoms with Crippen LogP contribution in [0.25, 0.3) is 0 Å². The Hall–Kier alpha value is -2.05. The summed E-state index contributed by atoms with van der Waals surface area (Å²) in [5.41, 5.74) is 2.96. The van der Waals surface area contributed by atoms with Crippen LogP contribution in [0.5, 0.6) is 11.6 Å². The maximum absolute atomic E-state index is 12.1. The van der Waals surface area contributed by atoms with E-state index in [1.54, 1.807) is 12.3 Å². The molecule has 0 saturated carbocycles. The number of anilines is 1. The molecular weight excluding hydrogens is 334 g/mol. The molecule has 1 aliphatic heterocycles. The third kappa shape index (κ3) is 4.96. The van der Waals surface area contributed by atoms with Gasteiger partial charge in [0.25, 0.3) is 0 Å². The molecule has 25 heavy (non-hydrogen) atoms. The number of carbonyl (C=O) groups is 1. The molecule has 1 atom stereocenters. The van der Waals surface area contributed by atoms with Crippen molar-refractivity contribution in [3.05, 3.63) is 47.7 Å². The number of hydrogen-bond acceptors (Lipinski definition) is 5. The van der Waals surface area contributed by atoms with Gasteiger partial charge in [-0.3, -0.25) is 4.79 Å². The second-order valence-electron chi connectivity index (χ2n) is 6.16. The molecule has 2 aromatic rings. The predicted octanol–water partition coefficient (Wildman–Crippen LogP) is 3.52. The molecule has 1 amide bonds. The van der Waals surface area contributed by atoms with E-state index in [0.29, 0.717) is 18.0 Å². The van der Waals surface area contributed by atoms with Gasteiger partial charge in [-0.05, 0) is 37.1 Å². The second kappa shape index (κ2) is 8.36. The number of amides is 1. The quantitative estimate of drug-likeness (QED) is 0.857. The molecule has 5 nitrogen and oxygen atoms in total. The molecule has 2 heterocycles. The van der Waals surface area contributed by atoms with Gasteiger partial charge in [-0.1, -0.05) is 12.1 Å². The zero-order valence-corrected chi connectivity index (χ0v) is 15.4. The van der Waals surface area contributed by atoms with E-state index in [1.807, 2.05) is 49.9 Å². The Labute approximate surface area is 152 Å². The smallest absolute Gasteiger partial charge is 0.226 e. The maximum atomic E-state index is 12.1. The van der Waals surface area contributed by atoms with E-state index in [4.69, 9.17) is 4.74 Å². The summed E-state index contributed by atoms with van der Waals surface area (Å²) in [4.78, 5) is 16.4. The highest BCUT2D eigenvalue weighted by Gasteiger charge is 2.16. The molecule has 0 bridgehead atoms. The van der Waals surface area contributed by atoms with Crippen LogP contribution < -0.4 is 15.4 Å². The van der Waals surface area contributed by atoms with Crippen molar-refractivity contribution in [2.45, 2.75) is 26.3 Å². The molecule has 1 fully saturated rings. The number of pyridine rings is 1. The summed E-state index contributed by atoms with van der Waals surface area (Å²) in [7, 11) is 0. The number of nitrogens with zero attached hydrogens (tertiary/aromatic N) is 1. The van der Waals surface area contributed by atoms with E-state index in [2.05, 4.69) is 15.6 Å². The summed E-state index contributed by atoms with van der Waals surface area (Å²) in [6, 6.07) is 9.77. The van der Waals surface area contributed by atoms with Crippen LogP contribution in [-0.4, -0.2) is 35.0 Å². The van der Waals surface area contributed by atoms with Crippen molar-refractivity contribution in [3.8, 4) is 11.6 Å². The minimum Gasteiger partial charge on any atom is -0.439 e. The number of ether oxygens (including phenoxy) is 1. The van der Waals surface area contributed by atoms with Crippen LogP contribution in [-0.2, 0) is 4.79 Å². The molecule has 132 valence electrons. The van der Waals surface area contributed by atoms with Crippen LogP contribution >= 0.6 is 11.8 Å². The van der Waals surface area contributed by atoms with Crippen molar-refractivity contribution in [1.29, 1.82) is 0 Å². The van der Waals surface area contributed by atoms with E-state index < -0.39 is 0 Å². The van der Waals surface area contributed by atoms with Gasteiger partial charge < -0.3 is 15.4 Å². The minimum absolute atomic E-state index is 0.00463. The maximum Gasteiger partial charge on any atom is 0.226 e. The summed E-state index contributed by atoms with van der Waals surface area (Å²) >= 11 is 1.88. The zero-order chi connectivity index (χ0) is 17.6. The van der Waals surface area contributed by atoms with Crippen LogP contribution in [0.3, 0.4) is 0 Å². The summed E-state index contributed by atoms with van der Waals surface area (Å²) < 4.78 is 5.83. The fourth-order valence-corrected chi connectivity index (χ4v) is 3.60. The number of thioether (sulfide) groups is 1. The van der Waals surface area contributed by atoms with Crippen LogP contribution in [0.15, 0.2) is 36.5 Å². The average molecular weight is 357 g/mol. The minimum atomic E-state index is 0.00463. The number of nitrogens with one attached hydrogen (secondary N) is 2. The highest BCUT2D eigenvalue weighted by atomic mass is 32.2. The van der Waals surface area contributed by atoms with Gasteiger partial charge >= 0.3 is 0 Å². The van der Waals surface area contributed by atoms with Crippen LogP contribution in [0.1, 0.15) is 17.5 Å². The summed E-state index contributed by atoms with van der Waals surface area (Å²) in [5.74, 6) is 3.41. The van der Waals surface area contributed by atoms with Crippen LogP contribution in [0.2, 0.25) is 0 Å². The first kappa shape index (κ1) is 17.8. The van der Waals surface area contributed by atoms with Gasteiger partial charge in [0.05, 0.1) is 11.9 Å². The van der Waals surface area contributed by atoms with Crippen molar-refractivity contribution in [2.75, 3.05) is 23.4 Å². The molecule has 1 aromatic carbocycles. The highest BCUT2D eigenvalue weighted by molar-refractivity contribution is 7.99. The van der Waals surface area contributed by atoms with E-state index in [9.17, 15) is 4.79 Å². The lowest BCUT2D eigenvalue weighted by Gasteiger charge is -2.22. The molecule has 1 aliphatic rings. The van der Waals surface area contributed by atoms with Crippen molar-refractivity contribution in [2.24, 2.45) is 0 Å². The Morgan fingerprint density at radius 1 is 1.36 bits per heavy atom. The van der Waals surface area contributed by atoms with Gasteiger partial charge in [-0.25, -0.2) is 4.98 Å². The Balaban J connectivity index is 1.56. The molecule has 1 aromatic heterocycles. The molecule has 0 aliphatic carbocycles. The van der Waals surface area contributed by atoms with Crippen molar-refractivity contribution in [3.63, 3.8) is 0 Å². The molecule has 6 heteroatoms. The summed E-state index contributed by atoms with van der Waals surface area (Å²) in [6.07, 6.45) is 2.11. The molecule has 3 rings (SSSR count). The Kier molecular flexibility index (Phi) is 5.94. The number of aromatic nitrogens is 1. The number of benzene rings is 1. The lowest BCUT2D eigenvalue weighted by molar-refractivity contribution is -0.116. The van der Waals surface area contributed by atoms with Crippen LogP contribution in [0, 0.1) is 13.8 Å². The SMILES string of the molecule is Cc1cccc(Oc2ccc(NC(=O)CC3CSCCN3)cn2)c1C. The fraction of sp³-hybridized carbons (Fsp3) is 0.368. The van der Waals surface area contributed by atoms with Gasteiger partial charge in [0.2, 0.25) is 11.8 Å². The molecule has 2 N–H and O–H groups in total. The van der Waals surface area contributed by atoms with E-state index in [0.717, 1.165) is 29.4 Å². The largest absolute Gasteiger partial charge is 0.439 e. The molecule has 0 radical (unpaired) electrons. The van der Waals surface area contributed by atoms with Crippen molar-refractivity contribution in [1.82, 2.24) is 10.3 Å². The predicted molar refractivity (Wildman–Crippen MR) is 103 cm³/mol. The lowest BCUT2D eigenvalue weighted by Crippen LogP contribution is -2.39. The standard InChI is InChI=1S/C19H23N3O2S/c1-13-4-3-5-17(14(13)2)24-19-7-6-15(11-21-19)22-18(23)10-16-12-25-9-8-20-16/h3-7,11,16,20H,8-10,12H2,1-2H3,(H,22,23).